The fourth-order valence-electron chi connectivity index (χ4n) is 1.90. The van der Waals surface area contributed by atoms with Crippen molar-refractivity contribution in [3.8, 4) is 6.07 Å². The Balaban J connectivity index is 2.53. The highest BCUT2D eigenvalue weighted by molar-refractivity contribution is 6.32. The first kappa shape index (κ1) is 13.9. The molecular weight excluding hydrogens is 232 g/mol. The van der Waals surface area contributed by atoms with Crippen molar-refractivity contribution in [3.05, 3.63) is 28.8 Å². The Morgan fingerprint density at radius 1 is 1.35 bits per heavy atom. The van der Waals surface area contributed by atoms with Crippen LogP contribution in [0.1, 0.15) is 32.8 Å². The molecule has 1 aromatic rings. The number of hydrogen-bond acceptors (Lipinski definition) is 2. The van der Waals surface area contributed by atoms with Gasteiger partial charge >= 0.3 is 0 Å². The van der Waals surface area contributed by atoms with E-state index in [1.807, 2.05) is 12.1 Å². The molecule has 0 saturated heterocycles. The molecule has 0 saturated carbocycles. The molecule has 1 N–H and O–H groups in total. The zero-order valence-corrected chi connectivity index (χ0v) is 11.4. The van der Waals surface area contributed by atoms with Crippen molar-refractivity contribution in [2.75, 3.05) is 11.9 Å². The molecule has 0 aliphatic heterocycles. The van der Waals surface area contributed by atoms with Gasteiger partial charge in [0.25, 0.3) is 0 Å². The SMILES string of the molecule is CC(C)CC(C)CNc1ccc(C#N)c(Cl)c1. The molecule has 1 atom stereocenters. The number of rotatable bonds is 5. The number of nitrogens with zero attached hydrogens (tertiary/aromatic N) is 1. The number of nitriles is 1. The highest BCUT2D eigenvalue weighted by Crippen LogP contribution is 2.21. The number of halogens is 1. The van der Waals surface area contributed by atoms with Gasteiger partial charge in [-0.15, -0.1) is 0 Å². The smallest absolute Gasteiger partial charge is 0.101 e. The van der Waals surface area contributed by atoms with Crippen molar-refractivity contribution in [3.63, 3.8) is 0 Å². The van der Waals surface area contributed by atoms with Crippen LogP contribution in [0.25, 0.3) is 0 Å². The zero-order valence-electron chi connectivity index (χ0n) is 10.6. The van der Waals surface area contributed by atoms with Crippen molar-refractivity contribution in [2.45, 2.75) is 27.2 Å². The summed E-state index contributed by atoms with van der Waals surface area (Å²) in [5, 5.41) is 12.6. The summed E-state index contributed by atoms with van der Waals surface area (Å²) in [7, 11) is 0. The molecule has 1 rings (SSSR count). The van der Waals surface area contributed by atoms with E-state index in [0.717, 1.165) is 18.2 Å². The Morgan fingerprint density at radius 2 is 2.06 bits per heavy atom. The van der Waals surface area contributed by atoms with Gasteiger partial charge in [-0.2, -0.15) is 5.26 Å². The summed E-state index contributed by atoms with van der Waals surface area (Å²) < 4.78 is 0. The third kappa shape index (κ3) is 4.66. The molecular formula is C14H19ClN2. The van der Waals surface area contributed by atoms with E-state index in [0.29, 0.717) is 16.5 Å². The normalized spacial score (nSPS) is 12.2. The van der Waals surface area contributed by atoms with Crippen molar-refractivity contribution in [2.24, 2.45) is 11.8 Å². The van der Waals surface area contributed by atoms with Crippen LogP contribution >= 0.6 is 11.6 Å². The second-order valence-electron chi connectivity index (χ2n) is 4.92. The van der Waals surface area contributed by atoms with Gasteiger partial charge in [-0.3, -0.25) is 0 Å². The number of nitrogens with one attached hydrogen (secondary N) is 1. The van der Waals surface area contributed by atoms with E-state index in [-0.39, 0.29) is 0 Å². The largest absolute Gasteiger partial charge is 0.385 e. The second-order valence-corrected chi connectivity index (χ2v) is 5.33. The molecule has 0 aliphatic rings. The zero-order chi connectivity index (χ0) is 12.8. The van der Waals surface area contributed by atoms with Crippen LogP contribution in [0.4, 0.5) is 5.69 Å². The average molecular weight is 251 g/mol. The van der Waals surface area contributed by atoms with Crippen molar-refractivity contribution >= 4 is 17.3 Å². The van der Waals surface area contributed by atoms with Crippen molar-refractivity contribution in [1.82, 2.24) is 0 Å². The maximum Gasteiger partial charge on any atom is 0.101 e. The summed E-state index contributed by atoms with van der Waals surface area (Å²) in [5.41, 5.74) is 1.50. The van der Waals surface area contributed by atoms with Gasteiger partial charge in [0, 0.05) is 12.2 Å². The van der Waals surface area contributed by atoms with Gasteiger partial charge < -0.3 is 5.32 Å². The summed E-state index contributed by atoms with van der Waals surface area (Å²) in [5.74, 6) is 1.35. The van der Waals surface area contributed by atoms with Crippen LogP contribution in [-0.2, 0) is 0 Å². The Kier molecular flexibility index (Phi) is 5.31. The number of anilines is 1. The highest BCUT2D eigenvalue weighted by Gasteiger charge is 2.06. The van der Waals surface area contributed by atoms with Crippen LogP contribution in [0.5, 0.6) is 0 Å². The van der Waals surface area contributed by atoms with Gasteiger partial charge in [-0.25, -0.2) is 0 Å². The topological polar surface area (TPSA) is 35.8 Å². The Bertz CT molecular complexity index is 407. The molecule has 2 nitrogen and oxygen atoms in total. The summed E-state index contributed by atoms with van der Waals surface area (Å²) in [6.07, 6.45) is 1.21. The maximum absolute atomic E-state index is 8.77. The van der Waals surface area contributed by atoms with Gasteiger partial charge in [-0.1, -0.05) is 32.4 Å². The molecule has 17 heavy (non-hydrogen) atoms. The second kappa shape index (κ2) is 6.51. The predicted octanol–water partition coefficient (Wildman–Crippen LogP) is 4.31. The Hall–Kier alpha value is -1.20. The first-order valence-electron chi connectivity index (χ1n) is 5.96. The molecule has 0 radical (unpaired) electrons. The van der Waals surface area contributed by atoms with E-state index < -0.39 is 0 Å². The first-order chi connectivity index (χ1) is 8.02. The van der Waals surface area contributed by atoms with Crippen molar-refractivity contribution in [1.29, 1.82) is 5.26 Å². The van der Waals surface area contributed by atoms with Gasteiger partial charge in [0.2, 0.25) is 0 Å². The van der Waals surface area contributed by atoms with Crippen LogP contribution in [0, 0.1) is 23.2 Å². The Labute approximate surface area is 109 Å². The van der Waals surface area contributed by atoms with Gasteiger partial charge in [0.15, 0.2) is 0 Å². The minimum Gasteiger partial charge on any atom is -0.385 e. The van der Waals surface area contributed by atoms with E-state index >= 15 is 0 Å². The fraction of sp³-hybridized carbons (Fsp3) is 0.500. The van der Waals surface area contributed by atoms with E-state index in [1.165, 1.54) is 6.42 Å². The number of benzene rings is 1. The Morgan fingerprint density at radius 3 is 2.59 bits per heavy atom. The van der Waals surface area contributed by atoms with Gasteiger partial charge in [0.05, 0.1) is 10.6 Å². The molecule has 0 bridgehead atoms. The molecule has 0 aliphatic carbocycles. The summed E-state index contributed by atoms with van der Waals surface area (Å²) in [4.78, 5) is 0. The molecule has 1 aromatic carbocycles. The maximum atomic E-state index is 8.77. The monoisotopic (exact) mass is 250 g/mol. The number of hydrogen-bond donors (Lipinski definition) is 1. The molecule has 3 heteroatoms. The summed E-state index contributed by atoms with van der Waals surface area (Å²) >= 11 is 5.97. The highest BCUT2D eigenvalue weighted by atomic mass is 35.5. The van der Waals surface area contributed by atoms with Crippen LogP contribution in [-0.4, -0.2) is 6.54 Å². The minimum atomic E-state index is 0.508. The lowest BCUT2D eigenvalue weighted by atomic mass is 9.99. The fourth-order valence-corrected chi connectivity index (χ4v) is 2.12. The van der Waals surface area contributed by atoms with Crippen LogP contribution in [0.2, 0.25) is 5.02 Å². The third-order valence-electron chi connectivity index (χ3n) is 2.62. The van der Waals surface area contributed by atoms with E-state index in [1.54, 1.807) is 6.07 Å². The molecule has 0 spiro atoms. The van der Waals surface area contributed by atoms with Gasteiger partial charge in [0.1, 0.15) is 6.07 Å². The van der Waals surface area contributed by atoms with Gasteiger partial charge in [-0.05, 0) is 36.5 Å². The summed E-state index contributed by atoms with van der Waals surface area (Å²) in [6, 6.07) is 7.50. The lowest BCUT2D eigenvalue weighted by Gasteiger charge is -2.15. The quantitative estimate of drug-likeness (QED) is 0.846. The third-order valence-corrected chi connectivity index (χ3v) is 2.93. The lowest BCUT2D eigenvalue weighted by molar-refractivity contribution is 0.455. The van der Waals surface area contributed by atoms with E-state index in [4.69, 9.17) is 16.9 Å². The molecule has 1 unspecified atom stereocenters. The molecule has 92 valence electrons. The standard InChI is InChI=1S/C14H19ClN2/c1-10(2)6-11(3)9-17-13-5-4-12(8-16)14(15)7-13/h4-5,7,10-11,17H,6,9H2,1-3H3. The predicted molar refractivity (Wildman–Crippen MR) is 73.3 cm³/mol. The average Bonchev–Trinajstić information content (AvgIpc) is 2.25. The molecule has 0 heterocycles. The van der Waals surface area contributed by atoms with E-state index in [2.05, 4.69) is 32.2 Å². The van der Waals surface area contributed by atoms with Crippen LogP contribution < -0.4 is 5.32 Å². The molecule has 0 amide bonds. The van der Waals surface area contributed by atoms with E-state index in [9.17, 15) is 0 Å². The lowest BCUT2D eigenvalue weighted by Crippen LogP contribution is -2.13. The first-order valence-corrected chi connectivity index (χ1v) is 6.34. The summed E-state index contributed by atoms with van der Waals surface area (Å²) in [6.45, 7) is 7.63. The molecule has 0 aromatic heterocycles. The molecule has 0 fully saturated rings. The van der Waals surface area contributed by atoms with Crippen LogP contribution in [0.15, 0.2) is 18.2 Å². The minimum absolute atomic E-state index is 0.508. The van der Waals surface area contributed by atoms with Crippen LogP contribution in [0.3, 0.4) is 0 Å². The van der Waals surface area contributed by atoms with Crippen molar-refractivity contribution < 1.29 is 0 Å².